The Bertz CT molecular complexity index is 336. The molecule has 2 rings (SSSR count). The summed E-state index contributed by atoms with van der Waals surface area (Å²) < 4.78 is 0. The van der Waals surface area contributed by atoms with E-state index < -0.39 is 0 Å². The number of rotatable bonds is 0. The Morgan fingerprint density at radius 1 is 1.54 bits per heavy atom. The Balaban J connectivity index is 2.52. The summed E-state index contributed by atoms with van der Waals surface area (Å²) >= 11 is 6.02. The van der Waals surface area contributed by atoms with E-state index in [0.29, 0.717) is 0 Å². The van der Waals surface area contributed by atoms with E-state index in [1.54, 1.807) is 0 Å². The second-order valence-electron chi connectivity index (χ2n) is 3.55. The fourth-order valence-electron chi connectivity index (χ4n) is 1.74. The van der Waals surface area contributed by atoms with Crippen molar-refractivity contribution in [2.24, 2.45) is 0 Å². The van der Waals surface area contributed by atoms with Crippen LogP contribution in [-0.4, -0.2) is 18.6 Å². The highest BCUT2D eigenvalue weighted by molar-refractivity contribution is 6.31. The molecule has 0 saturated carbocycles. The van der Waals surface area contributed by atoms with Crippen molar-refractivity contribution < 1.29 is 0 Å². The highest BCUT2D eigenvalue weighted by Gasteiger charge is 2.16. The molecular formula is C10H13ClN2. The molecule has 13 heavy (non-hydrogen) atoms. The maximum absolute atomic E-state index is 6.02. The van der Waals surface area contributed by atoms with Gasteiger partial charge >= 0.3 is 0 Å². The molecule has 2 nitrogen and oxygen atoms in total. The van der Waals surface area contributed by atoms with Gasteiger partial charge in [-0.05, 0) is 25.8 Å². The van der Waals surface area contributed by atoms with Gasteiger partial charge in [-0.25, -0.2) is 0 Å². The van der Waals surface area contributed by atoms with Crippen molar-refractivity contribution in [2.75, 3.05) is 18.5 Å². The van der Waals surface area contributed by atoms with Crippen LogP contribution in [0.4, 0.5) is 5.69 Å². The molecule has 0 bridgehead atoms. The minimum Gasteiger partial charge on any atom is -0.373 e. The van der Waals surface area contributed by atoms with Gasteiger partial charge in [0.25, 0.3) is 0 Å². The van der Waals surface area contributed by atoms with Crippen molar-refractivity contribution in [3.63, 3.8) is 0 Å². The van der Waals surface area contributed by atoms with Crippen LogP contribution in [0.5, 0.6) is 0 Å². The molecule has 2 heterocycles. The Hall–Kier alpha value is -0.760. The molecule has 70 valence electrons. The van der Waals surface area contributed by atoms with Gasteiger partial charge in [0, 0.05) is 13.6 Å². The molecule has 0 N–H and O–H groups in total. The summed E-state index contributed by atoms with van der Waals surface area (Å²) in [6, 6.07) is 2.03. The molecule has 0 fully saturated rings. The number of aryl methyl sites for hydroxylation is 2. The summed E-state index contributed by atoms with van der Waals surface area (Å²) in [4.78, 5) is 6.71. The minimum atomic E-state index is 0.771. The summed E-state index contributed by atoms with van der Waals surface area (Å²) in [5.74, 6) is 0. The number of anilines is 1. The summed E-state index contributed by atoms with van der Waals surface area (Å²) in [6.07, 6.45) is 2.27. The maximum atomic E-state index is 6.02. The monoisotopic (exact) mass is 196 g/mol. The van der Waals surface area contributed by atoms with Crippen molar-refractivity contribution in [2.45, 2.75) is 19.8 Å². The number of fused-ring (bicyclic) bond motifs is 1. The maximum Gasteiger partial charge on any atom is 0.0641 e. The van der Waals surface area contributed by atoms with E-state index in [0.717, 1.165) is 23.7 Å². The molecule has 3 heteroatoms. The second kappa shape index (κ2) is 3.18. The SMILES string of the molecule is Cc1nc2c(cc1Cl)N(C)CCC2. The topological polar surface area (TPSA) is 16.1 Å². The molecule has 0 atom stereocenters. The van der Waals surface area contributed by atoms with Crippen LogP contribution < -0.4 is 4.90 Å². The van der Waals surface area contributed by atoms with Gasteiger partial charge in [-0.15, -0.1) is 0 Å². The Morgan fingerprint density at radius 3 is 3.08 bits per heavy atom. The largest absolute Gasteiger partial charge is 0.373 e. The number of aromatic nitrogens is 1. The van der Waals surface area contributed by atoms with E-state index in [1.165, 1.54) is 17.8 Å². The summed E-state index contributed by atoms with van der Waals surface area (Å²) in [5, 5.41) is 0.771. The predicted molar refractivity (Wildman–Crippen MR) is 55.6 cm³/mol. The van der Waals surface area contributed by atoms with Crippen molar-refractivity contribution in [3.05, 3.63) is 22.5 Å². The van der Waals surface area contributed by atoms with Crippen molar-refractivity contribution >= 4 is 17.3 Å². The zero-order valence-electron chi connectivity index (χ0n) is 7.97. The van der Waals surface area contributed by atoms with E-state index in [-0.39, 0.29) is 0 Å². The van der Waals surface area contributed by atoms with Gasteiger partial charge < -0.3 is 4.90 Å². The molecule has 1 aliphatic rings. The summed E-state index contributed by atoms with van der Waals surface area (Å²) in [6.45, 7) is 3.06. The number of nitrogens with zero attached hydrogens (tertiary/aromatic N) is 2. The normalized spacial score (nSPS) is 15.8. The fraction of sp³-hybridized carbons (Fsp3) is 0.500. The molecule has 0 amide bonds. The first-order valence-corrected chi connectivity index (χ1v) is 4.93. The molecule has 1 aromatic rings. The Morgan fingerprint density at radius 2 is 2.31 bits per heavy atom. The smallest absolute Gasteiger partial charge is 0.0641 e. The van der Waals surface area contributed by atoms with Crippen LogP contribution in [0.2, 0.25) is 5.02 Å². The first-order chi connectivity index (χ1) is 6.18. The van der Waals surface area contributed by atoms with E-state index in [2.05, 4.69) is 16.9 Å². The van der Waals surface area contributed by atoms with E-state index >= 15 is 0 Å². The zero-order chi connectivity index (χ0) is 9.42. The Labute approximate surface area is 83.5 Å². The van der Waals surface area contributed by atoms with Crippen molar-refractivity contribution in [3.8, 4) is 0 Å². The quantitative estimate of drug-likeness (QED) is 0.634. The van der Waals surface area contributed by atoms with E-state index in [4.69, 9.17) is 11.6 Å². The lowest BCUT2D eigenvalue weighted by Gasteiger charge is -2.27. The Kier molecular flexibility index (Phi) is 2.16. The third-order valence-electron chi connectivity index (χ3n) is 2.53. The van der Waals surface area contributed by atoms with Crippen LogP contribution in [0.25, 0.3) is 0 Å². The van der Waals surface area contributed by atoms with Gasteiger partial charge in [0.05, 0.1) is 22.1 Å². The van der Waals surface area contributed by atoms with Crippen LogP contribution >= 0.6 is 11.6 Å². The number of halogens is 1. The standard InChI is InChI=1S/C10H13ClN2/c1-7-8(11)6-10-9(12-7)4-3-5-13(10)2/h6H,3-5H2,1-2H3. The molecule has 1 aromatic heterocycles. The fourth-order valence-corrected chi connectivity index (χ4v) is 1.89. The van der Waals surface area contributed by atoms with Crippen molar-refractivity contribution in [1.29, 1.82) is 0 Å². The molecular weight excluding hydrogens is 184 g/mol. The van der Waals surface area contributed by atoms with Crippen LogP contribution in [-0.2, 0) is 6.42 Å². The lowest BCUT2D eigenvalue weighted by atomic mass is 10.1. The third kappa shape index (κ3) is 1.51. The number of pyridine rings is 1. The van der Waals surface area contributed by atoms with Crippen LogP contribution in [0.15, 0.2) is 6.07 Å². The first-order valence-electron chi connectivity index (χ1n) is 4.55. The van der Waals surface area contributed by atoms with Gasteiger partial charge in [-0.2, -0.15) is 0 Å². The van der Waals surface area contributed by atoms with Crippen LogP contribution in [0.1, 0.15) is 17.8 Å². The van der Waals surface area contributed by atoms with Gasteiger partial charge in [0.2, 0.25) is 0 Å². The van der Waals surface area contributed by atoms with Gasteiger partial charge in [0.15, 0.2) is 0 Å². The average molecular weight is 197 g/mol. The lowest BCUT2D eigenvalue weighted by molar-refractivity contribution is 0.722. The highest BCUT2D eigenvalue weighted by atomic mass is 35.5. The van der Waals surface area contributed by atoms with E-state index in [1.807, 2.05) is 13.0 Å². The predicted octanol–water partition coefficient (Wildman–Crippen LogP) is 2.43. The highest BCUT2D eigenvalue weighted by Crippen LogP contribution is 2.28. The van der Waals surface area contributed by atoms with Crippen LogP contribution in [0.3, 0.4) is 0 Å². The third-order valence-corrected chi connectivity index (χ3v) is 2.91. The molecule has 0 saturated heterocycles. The zero-order valence-corrected chi connectivity index (χ0v) is 8.73. The number of hydrogen-bond donors (Lipinski definition) is 0. The van der Waals surface area contributed by atoms with Gasteiger partial charge in [-0.1, -0.05) is 11.6 Å². The molecule has 1 aliphatic heterocycles. The van der Waals surface area contributed by atoms with E-state index in [9.17, 15) is 0 Å². The molecule has 0 unspecified atom stereocenters. The molecule has 0 aromatic carbocycles. The second-order valence-corrected chi connectivity index (χ2v) is 3.95. The molecule has 0 spiro atoms. The minimum absolute atomic E-state index is 0.771. The number of hydrogen-bond acceptors (Lipinski definition) is 2. The molecule has 0 aliphatic carbocycles. The summed E-state index contributed by atoms with van der Waals surface area (Å²) in [5.41, 5.74) is 3.33. The van der Waals surface area contributed by atoms with Gasteiger partial charge in [-0.3, -0.25) is 4.98 Å². The average Bonchev–Trinajstić information content (AvgIpc) is 2.09. The van der Waals surface area contributed by atoms with Gasteiger partial charge in [0.1, 0.15) is 0 Å². The lowest BCUT2D eigenvalue weighted by Crippen LogP contribution is -2.25. The molecule has 0 radical (unpaired) electrons. The summed E-state index contributed by atoms with van der Waals surface area (Å²) in [7, 11) is 2.09. The van der Waals surface area contributed by atoms with Crippen molar-refractivity contribution in [1.82, 2.24) is 4.98 Å². The first kappa shape index (κ1) is 8.82. The van der Waals surface area contributed by atoms with Crippen LogP contribution in [0, 0.1) is 6.92 Å².